The van der Waals surface area contributed by atoms with E-state index in [1.807, 2.05) is 31.2 Å². The van der Waals surface area contributed by atoms with E-state index >= 15 is 0 Å². The lowest BCUT2D eigenvalue weighted by Gasteiger charge is -2.35. The number of likely N-dealkylation sites (N-methyl/N-ethyl adjacent to an activating group) is 1. The van der Waals surface area contributed by atoms with Gasteiger partial charge in [0.2, 0.25) is 5.78 Å². The smallest absolute Gasteiger partial charge is 0.288 e. The maximum atomic E-state index is 13.0. The van der Waals surface area contributed by atoms with E-state index in [0.717, 1.165) is 16.1 Å². The fraction of sp³-hybridized carbons (Fsp3) is 0.278. The highest BCUT2D eigenvalue weighted by atomic mass is 16.2. The highest BCUT2D eigenvalue weighted by Crippen LogP contribution is 2.23. The molecular weight excluding hydrogens is 334 g/mol. The second-order valence-electron chi connectivity index (χ2n) is 6.18. The van der Waals surface area contributed by atoms with Gasteiger partial charge in [-0.25, -0.2) is 5.01 Å². The van der Waals surface area contributed by atoms with Crippen LogP contribution >= 0.6 is 0 Å². The lowest BCUT2D eigenvalue weighted by Crippen LogP contribution is -2.51. The van der Waals surface area contributed by atoms with Gasteiger partial charge in [0, 0.05) is 20.3 Å². The zero-order chi connectivity index (χ0) is 19.0. The minimum atomic E-state index is -1.10. The lowest BCUT2D eigenvalue weighted by atomic mass is 9.95. The van der Waals surface area contributed by atoms with Crippen molar-refractivity contribution in [3.05, 3.63) is 47.8 Å². The second-order valence-corrected chi connectivity index (χ2v) is 6.18. The molecule has 2 aliphatic rings. The fourth-order valence-corrected chi connectivity index (χ4v) is 2.78. The number of rotatable bonds is 3. The molecule has 0 radical (unpaired) electrons. The number of ketones is 1. The highest BCUT2D eigenvalue weighted by Gasteiger charge is 2.41. The van der Waals surface area contributed by atoms with Crippen molar-refractivity contribution in [1.82, 2.24) is 14.9 Å². The molecule has 0 aliphatic carbocycles. The standard InChI is InChI=1S/C18H19N5O3/c1-11-7-5-6-8-13(11)10-23-12(2)21(3)20-15(17(23)25)14-9-19-22(4)18(26)16(14)24/h5-9,14H,2,10H2,1,3-4H3. The number of hydrazone groups is 2. The first-order chi connectivity index (χ1) is 12.3. The molecule has 3 rings (SSSR count). The Kier molecular flexibility index (Phi) is 4.41. The molecule has 0 aromatic heterocycles. The van der Waals surface area contributed by atoms with Crippen LogP contribution in [-0.2, 0) is 20.9 Å². The van der Waals surface area contributed by atoms with Crippen molar-refractivity contribution >= 4 is 29.5 Å². The van der Waals surface area contributed by atoms with Crippen molar-refractivity contribution in [3.8, 4) is 0 Å². The molecule has 0 saturated heterocycles. The van der Waals surface area contributed by atoms with Gasteiger partial charge in [0.05, 0.1) is 6.54 Å². The summed E-state index contributed by atoms with van der Waals surface area (Å²) >= 11 is 0. The van der Waals surface area contributed by atoms with Crippen molar-refractivity contribution in [1.29, 1.82) is 0 Å². The molecule has 0 N–H and O–H groups in total. The predicted molar refractivity (Wildman–Crippen MR) is 95.8 cm³/mol. The number of Topliss-reactive ketones (excluding diaryl/α,β-unsaturated/α-hetero) is 1. The summed E-state index contributed by atoms with van der Waals surface area (Å²) in [6.45, 7) is 6.16. The average Bonchev–Trinajstić information content (AvgIpc) is 2.62. The van der Waals surface area contributed by atoms with Gasteiger partial charge in [-0.15, -0.1) is 0 Å². The molecule has 0 spiro atoms. The van der Waals surface area contributed by atoms with E-state index in [-0.39, 0.29) is 5.71 Å². The van der Waals surface area contributed by atoms with Crippen LogP contribution in [0.15, 0.2) is 46.9 Å². The van der Waals surface area contributed by atoms with E-state index in [2.05, 4.69) is 16.8 Å². The number of amides is 2. The van der Waals surface area contributed by atoms with Gasteiger partial charge in [-0.05, 0) is 18.1 Å². The summed E-state index contributed by atoms with van der Waals surface area (Å²) in [6.07, 6.45) is 1.27. The van der Waals surface area contributed by atoms with E-state index in [0.29, 0.717) is 12.4 Å². The van der Waals surface area contributed by atoms with E-state index in [1.54, 1.807) is 7.05 Å². The van der Waals surface area contributed by atoms with Crippen LogP contribution in [0.3, 0.4) is 0 Å². The molecule has 0 fully saturated rings. The van der Waals surface area contributed by atoms with E-state index in [9.17, 15) is 14.4 Å². The Morgan fingerprint density at radius 1 is 1.08 bits per heavy atom. The third-order valence-corrected chi connectivity index (χ3v) is 4.47. The molecule has 1 unspecified atom stereocenters. The third-order valence-electron chi connectivity index (χ3n) is 4.47. The van der Waals surface area contributed by atoms with Crippen LogP contribution < -0.4 is 0 Å². The van der Waals surface area contributed by atoms with E-state index in [4.69, 9.17) is 0 Å². The van der Waals surface area contributed by atoms with Gasteiger partial charge >= 0.3 is 5.91 Å². The van der Waals surface area contributed by atoms with Gasteiger partial charge in [0.15, 0.2) is 0 Å². The summed E-state index contributed by atoms with van der Waals surface area (Å²) < 4.78 is 0. The zero-order valence-corrected chi connectivity index (χ0v) is 14.8. The maximum absolute atomic E-state index is 13.0. The number of carbonyl (C=O) groups is 3. The van der Waals surface area contributed by atoms with Crippen molar-refractivity contribution < 1.29 is 14.4 Å². The van der Waals surface area contributed by atoms with Gasteiger partial charge in [-0.3, -0.25) is 24.3 Å². The van der Waals surface area contributed by atoms with Gasteiger partial charge in [0.25, 0.3) is 5.91 Å². The van der Waals surface area contributed by atoms with Gasteiger partial charge in [0.1, 0.15) is 17.5 Å². The highest BCUT2D eigenvalue weighted by molar-refractivity contribution is 6.55. The molecule has 1 aromatic carbocycles. The number of hydrogen-bond donors (Lipinski definition) is 0. The summed E-state index contributed by atoms with van der Waals surface area (Å²) in [5.41, 5.74) is 1.95. The number of nitrogens with zero attached hydrogens (tertiary/aromatic N) is 5. The van der Waals surface area contributed by atoms with Crippen molar-refractivity contribution in [2.45, 2.75) is 13.5 Å². The molecule has 134 valence electrons. The fourth-order valence-electron chi connectivity index (χ4n) is 2.78. The quantitative estimate of drug-likeness (QED) is 0.750. The first kappa shape index (κ1) is 17.5. The van der Waals surface area contributed by atoms with Gasteiger partial charge in [-0.2, -0.15) is 10.2 Å². The Morgan fingerprint density at radius 3 is 2.46 bits per heavy atom. The van der Waals surface area contributed by atoms with Crippen molar-refractivity contribution in [2.24, 2.45) is 16.1 Å². The van der Waals surface area contributed by atoms with Crippen LogP contribution in [0.25, 0.3) is 0 Å². The zero-order valence-electron chi connectivity index (χ0n) is 14.8. The Balaban J connectivity index is 1.95. The van der Waals surface area contributed by atoms with E-state index in [1.165, 1.54) is 23.2 Å². The number of hydrogen-bond acceptors (Lipinski definition) is 6. The summed E-state index contributed by atoms with van der Waals surface area (Å²) in [5, 5.41) is 10.4. The topological polar surface area (TPSA) is 85.6 Å². The predicted octanol–water partition coefficient (Wildman–Crippen LogP) is 0.739. The first-order valence-electron chi connectivity index (χ1n) is 8.04. The summed E-state index contributed by atoms with van der Waals surface area (Å²) in [7, 11) is 3.02. The monoisotopic (exact) mass is 353 g/mol. The van der Waals surface area contributed by atoms with Gasteiger partial charge in [-0.1, -0.05) is 30.8 Å². The van der Waals surface area contributed by atoms with Crippen molar-refractivity contribution in [2.75, 3.05) is 14.1 Å². The summed E-state index contributed by atoms with van der Waals surface area (Å²) in [5.74, 6) is -2.66. The number of carbonyl (C=O) groups excluding carboxylic acids is 3. The molecule has 2 heterocycles. The Hall–Kier alpha value is -3.29. The van der Waals surface area contributed by atoms with Gasteiger partial charge < -0.3 is 0 Å². The molecule has 26 heavy (non-hydrogen) atoms. The lowest BCUT2D eigenvalue weighted by molar-refractivity contribution is -0.145. The van der Waals surface area contributed by atoms with Crippen molar-refractivity contribution in [3.63, 3.8) is 0 Å². The van der Waals surface area contributed by atoms with Crippen LogP contribution in [0.1, 0.15) is 11.1 Å². The minimum absolute atomic E-state index is 0.0383. The largest absolute Gasteiger partial charge is 0.310 e. The molecule has 8 nitrogen and oxygen atoms in total. The molecule has 8 heteroatoms. The van der Waals surface area contributed by atoms with Crippen LogP contribution in [-0.4, -0.2) is 58.5 Å². The summed E-state index contributed by atoms with van der Waals surface area (Å²) in [6, 6.07) is 7.69. The summed E-state index contributed by atoms with van der Waals surface area (Å²) in [4.78, 5) is 38.7. The molecule has 2 aliphatic heterocycles. The van der Waals surface area contributed by atoms with Crippen LogP contribution in [0.5, 0.6) is 0 Å². The average molecular weight is 353 g/mol. The Bertz CT molecular complexity index is 873. The first-order valence-corrected chi connectivity index (χ1v) is 8.04. The SMILES string of the molecule is C=C1N(C)N=C(C2C=NN(C)C(=O)C2=O)C(=O)N1Cc1ccccc1C. The second kappa shape index (κ2) is 6.55. The van der Waals surface area contributed by atoms with E-state index < -0.39 is 23.5 Å². The van der Waals surface area contributed by atoms with Crippen LogP contribution in [0.4, 0.5) is 0 Å². The Labute approximate surface area is 151 Å². The molecule has 0 saturated carbocycles. The number of benzene rings is 1. The molecule has 2 amide bonds. The molecular formula is C18H19N5O3. The van der Waals surface area contributed by atoms with Crippen LogP contribution in [0, 0.1) is 12.8 Å². The normalized spacial score (nSPS) is 20.8. The third kappa shape index (κ3) is 2.90. The molecule has 1 atom stereocenters. The maximum Gasteiger partial charge on any atom is 0.310 e. The molecule has 0 bridgehead atoms. The molecule has 1 aromatic rings. The van der Waals surface area contributed by atoms with Crippen LogP contribution in [0.2, 0.25) is 0 Å². The Morgan fingerprint density at radius 2 is 1.77 bits per heavy atom. The minimum Gasteiger partial charge on any atom is -0.288 e. The number of aryl methyl sites for hydroxylation is 1.